The van der Waals surface area contributed by atoms with Crippen LogP contribution in [0.5, 0.6) is 11.5 Å². The predicted molar refractivity (Wildman–Crippen MR) is 155 cm³/mol. The fourth-order valence-electron chi connectivity index (χ4n) is 3.23. The van der Waals surface area contributed by atoms with Crippen LogP contribution in [-0.4, -0.2) is 31.4 Å². The summed E-state index contributed by atoms with van der Waals surface area (Å²) in [7, 11) is 1.43. The third kappa shape index (κ3) is 9.29. The second kappa shape index (κ2) is 15.1. The lowest BCUT2D eigenvalue weighted by Crippen LogP contribution is -2.32. The van der Waals surface area contributed by atoms with Gasteiger partial charge in [0, 0.05) is 26.6 Å². The van der Waals surface area contributed by atoms with Gasteiger partial charge in [0.1, 0.15) is 23.1 Å². The fraction of sp³-hybridized carbons (Fsp3) is 0.143. The minimum absolute atomic E-state index is 0.0787. The number of hydrogen-bond acceptors (Lipinski definition) is 4. The summed E-state index contributed by atoms with van der Waals surface area (Å²) in [6.45, 7) is 3.68. The number of ether oxygens (including phenoxy) is 2. The van der Waals surface area contributed by atoms with E-state index in [1.54, 1.807) is 69.7 Å². The molecule has 0 unspecified atom stereocenters. The van der Waals surface area contributed by atoms with E-state index in [1.165, 1.54) is 18.2 Å². The molecule has 0 bridgehead atoms. The van der Waals surface area contributed by atoms with Crippen LogP contribution in [0.25, 0.3) is 11.1 Å². The van der Waals surface area contributed by atoms with E-state index in [1.807, 2.05) is 13.0 Å². The maximum absolute atomic E-state index is 13.8. The van der Waals surface area contributed by atoms with Gasteiger partial charge in [-0.2, -0.15) is 0 Å². The SMILES string of the molecule is COc1cc(Cl)ccc1-c1cc(C)ccc1F.COc1cc(Cl)ccc1Br.Cc1ccc(F)c(B(O)O)c1. The van der Waals surface area contributed by atoms with Gasteiger partial charge >= 0.3 is 7.12 Å². The molecule has 2 N–H and O–H groups in total. The van der Waals surface area contributed by atoms with Gasteiger partial charge in [-0.3, -0.25) is 0 Å². The lowest BCUT2D eigenvalue weighted by atomic mass is 9.79. The Bertz CT molecular complexity index is 1370. The minimum Gasteiger partial charge on any atom is -0.496 e. The molecule has 0 spiro atoms. The van der Waals surface area contributed by atoms with Crippen molar-refractivity contribution < 1.29 is 28.3 Å². The van der Waals surface area contributed by atoms with Gasteiger partial charge in [0.15, 0.2) is 0 Å². The highest BCUT2D eigenvalue weighted by molar-refractivity contribution is 9.10. The maximum atomic E-state index is 13.8. The molecule has 0 aliphatic heterocycles. The third-order valence-electron chi connectivity index (χ3n) is 5.12. The average molecular weight is 626 g/mol. The van der Waals surface area contributed by atoms with Gasteiger partial charge in [-0.25, -0.2) is 8.78 Å². The van der Waals surface area contributed by atoms with Crippen molar-refractivity contribution in [3.8, 4) is 22.6 Å². The Morgan fingerprint density at radius 2 is 1.21 bits per heavy atom. The molecule has 0 saturated heterocycles. The van der Waals surface area contributed by atoms with Gasteiger partial charge in [-0.05, 0) is 84.4 Å². The van der Waals surface area contributed by atoms with Gasteiger partial charge < -0.3 is 19.5 Å². The highest BCUT2D eigenvalue weighted by atomic mass is 79.9. The molecule has 38 heavy (non-hydrogen) atoms. The van der Waals surface area contributed by atoms with Gasteiger partial charge in [-0.1, -0.05) is 52.5 Å². The molecule has 0 atom stereocenters. The first-order valence-corrected chi connectivity index (χ1v) is 12.7. The summed E-state index contributed by atoms with van der Waals surface area (Å²) >= 11 is 14.9. The minimum atomic E-state index is -1.73. The van der Waals surface area contributed by atoms with Gasteiger partial charge in [0.25, 0.3) is 0 Å². The van der Waals surface area contributed by atoms with Crippen molar-refractivity contribution in [2.24, 2.45) is 0 Å². The Morgan fingerprint density at radius 3 is 1.74 bits per heavy atom. The van der Waals surface area contributed by atoms with E-state index < -0.39 is 12.9 Å². The van der Waals surface area contributed by atoms with Gasteiger partial charge in [0.2, 0.25) is 0 Å². The molecule has 4 nitrogen and oxygen atoms in total. The third-order valence-corrected chi connectivity index (χ3v) is 6.24. The number of methoxy groups -OCH3 is 2. The Hall–Kier alpha value is -2.62. The van der Waals surface area contributed by atoms with E-state index in [4.69, 9.17) is 42.7 Å². The summed E-state index contributed by atoms with van der Waals surface area (Å²) in [4.78, 5) is 0. The zero-order chi connectivity index (χ0) is 28.4. The molecular formula is C28H26BBrCl2F2O4. The van der Waals surface area contributed by atoms with Crippen LogP contribution < -0.4 is 14.9 Å². The van der Waals surface area contributed by atoms with Crippen LogP contribution in [0.3, 0.4) is 0 Å². The van der Waals surface area contributed by atoms with Crippen molar-refractivity contribution in [3.05, 3.63) is 110 Å². The first-order chi connectivity index (χ1) is 18.0. The summed E-state index contributed by atoms with van der Waals surface area (Å²) in [5, 5.41) is 18.5. The van der Waals surface area contributed by atoms with Crippen LogP contribution in [0.1, 0.15) is 11.1 Å². The van der Waals surface area contributed by atoms with Crippen molar-refractivity contribution in [2.45, 2.75) is 13.8 Å². The molecule has 10 heteroatoms. The molecule has 0 radical (unpaired) electrons. The Labute approximate surface area is 240 Å². The summed E-state index contributed by atoms with van der Waals surface area (Å²) in [6, 6.07) is 19.7. The molecule has 200 valence electrons. The van der Waals surface area contributed by atoms with Crippen LogP contribution in [0.2, 0.25) is 10.0 Å². The van der Waals surface area contributed by atoms with Crippen molar-refractivity contribution in [1.29, 1.82) is 0 Å². The standard InChI is InChI=1S/C14H12ClFO.C7H8BFO2.C7H6BrClO/c1-9-3-6-13(16)12(7-9)11-5-4-10(15)8-14(11)17-2;1-5-2-3-7(9)6(4-5)8(10)11;1-10-7-4-5(9)2-3-6(7)8/h3-8H,1-2H3;2-4,10-11H,1H3;2-4H,1H3. The van der Waals surface area contributed by atoms with Crippen molar-refractivity contribution in [3.63, 3.8) is 0 Å². The molecule has 0 aliphatic rings. The Morgan fingerprint density at radius 1 is 0.684 bits per heavy atom. The van der Waals surface area contributed by atoms with Crippen molar-refractivity contribution in [2.75, 3.05) is 14.2 Å². The lowest BCUT2D eigenvalue weighted by Gasteiger charge is -2.10. The zero-order valence-corrected chi connectivity index (χ0v) is 24.2. The summed E-state index contributed by atoms with van der Waals surface area (Å²) in [6.07, 6.45) is 0. The van der Waals surface area contributed by atoms with E-state index in [0.29, 0.717) is 26.9 Å². The van der Waals surface area contributed by atoms with Crippen molar-refractivity contribution >= 4 is 51.7 Å². The molecule has 0 saturated carbocycles. The number of halogens is 5. The lowest BCUT2D eigenvalue weighted by molar-refractivity contribution is 0.412. The predicted octanol–water partition coefficient (Wildman–Crippen LogP) is 7.39. The number of hydrogen-bond donors (Lipinski definition) is 2. The Kier molecular flexibility index (Phi) is 12.6. The van der Waals surface area contributed by atoms with Crippen LogP contribution >= 0.6 is 39.1 Å². The zero-order valence-electron chi connectivity index (χ0n) is 21.1. The molecule has 4 rings (SSSR count). The van der Waals surface area contributed by atoms with Crippen LogP contribution in [0, 0.1) is 25.5 Å². The van der Waals surface area contributed by atoms with Gasteiger partial charge in [-0.15, -0.1) is 0 Å². The number of rotatable bonds is 4. The number of benzene rings is 4. The first-order valence-electron chi connectivity index (χ1n) is 11.2. The smallest absolute Gasteiger partial charge is 0.491 e. The second-order valence-corrected chi connectivity index (χ2v) is 9.73. The summed E-state index contributed by atoms with van der Waals surface area (Å²) in [5.41, 5.74) is 2.95. The van der Waals surface area contributed by atoms with E-state index >= 15 is 0 Å². The first kappa shape index (κ1) is 31.6. The monoisotopic (exact) mass is 624 g/mol. The van der Waals surface area contributed by atoms with Crippen molar-refractivity contribution in [1.82, 2.24) is 0 Å². The summed E-state index contributed by atoms with van der Waals surface area (Å²) < 4.78 is 37.6. The van der Waals surface area contributed by atoms with Gasteiger partial charge in [0.05, 0.1) is 18.7 Å². The van der Waals surface area contributed by atoms with Crippen LogP contribution in [0.15, 0.2) is 77.3 Å². The largest absolute Gasteiger partial charge is 0.496 e. The molecular weight excluding hydrogens is 600 g/mol. The molecule has 4 aromatic carbocycles. The van der Waals surface area contributed by atoms with E-state index in [0.717, 1.165) is 21.3 Å². The number of aryl methyl sites for hydroxylation is 2. The van der Waals surface area contributed by atoms with E-state index in [2.05, 4.69) is 15.9 Å². The fourth-order valence-corrected chi connectivity index (χ4v) is 3.96. The molecule has 0 aromatic heterocycles. The average Bonchev–Trinajstić information content (AvgIpc) is 2.89. The highest BCUT2D eigenvalue weighted by Crippen LogP contribution is 2.34. The molecule has 0 aliphatic carbocycles. The highest BCUT2D eigenvalue weighted by Gasteiger charge is 2.15. The molecule has 0 amide bonds. The van der Waals surface area contributed by atoms with E-state index in [9.17, 15) is 8.78 Å². The molecule has 4 aromatic rings. The Balaban J connectivity index is 0.000000211. The molecule has 0 heterocycles. The maximum Gasteiger partial charge on any atom is 0.491 e. The van der Waals surface area contributed by atoms with Crippen LogP contribution in [-0.2, 0) is 0 Å². The van der Waals surface area contributed by atoms with E-state index in [-0.39, 0.29) is 11.3 Å². The normalized spacial score (nSPS) is 9.97. The topological polar surface area (TPSA) is 58.9 Å². The molecule has 0 fully saturated rings. The quantitative estimate of drug-likeness (QED) is 0.232. The second-order valence-electron chi connectivity index (χ2n) is 8.01. The van der Waals surface area contributed by atoms with Crippen LogP contribution in [0.4, 0.5) is 8.78 Å². The summed E-state index contributed by atoms with van der Waals surface area (Å²) in [5.74, 6) is 0.469.